The average Bonchev–Trinajstić information content (AvgIpc) is 1.87. The minimum absolute atomic E-state index is 0.308. The SMILES string of the molecule is C[C@H](CCO)C1(CN)CCC1. The fourth-order valence-electron chi connectivity index (χ4n) is 2.03. The maximum atomic E-state index is 8.77. The highest BCUT2D eigenvalue weighted by atomic mass is 16.3. The maximum Gasteiger partial charge on any atom is 0.0433 e. The van der Waals surface area contributed by atoms with Crippen molar-refractivity contribution in [2.75, 3.05) is 13.2 Å². The van der Waals surface area contributed by atoms with Gasteiger partial charge < -0.3 is 10.8 Å². The molecule has 1 aliphatic carbocycles. The molecule has 0 bridgehead atoms. The van der Waals surface area contributed by atoms with E-state index in [2.05, 4.69) is 6.92 Å². The van der Waals surface area contributed by atoms with E-state index >= 15 is 0 Å². The molecule has 0 spiro atoms. The molecule has 0 aromatic carbocycles. The topological polar surface area (TPSA) is 46.2 Å². The monoisotopic (exact) mass is 157 g/mol. The summed E-state index contributed by atoms with van der Waals surface area (Å²) in [4.78, 5) is 0. The number of hydrogen-bond acceptors (Lipinski definition) is 2. The molecule has 0 aromatic rings. The number of rotatable bonds is 4. The van der Waals surface area contributed by atoms with Crippen molar-refractivity contribution in [2.45, 2.75) is 32.6 Å². The van der Waals surface area contributed by atoms with Crippen LogP contribution in [0.15, 0.2) is 0 Å². The van der Waals surface area contributed by atoms with Crippen molar-refractivity contribution in [3.8, 4) is 0 Å². The molecule has 0 heterocycles. The lowest BCUT2D eigenvalue weighted by Crippen LogP contribution is -2.43. The van der Waals surface area contributed by atoms with Gasteiger partial charge in [0.1, 0.15) is 0 Å². The van der Waals surface area contributed by atoms with Gasteiger partial charge in [0.15, 0.2) is 0 Å². The zero-order valence-corrected chi connectivity index (χ0v) is 7.34. The Morgan fingerprint density at radius 2 is 2.18 bits per heavy atom. The van der Waals surface area contributed by atoms with Crippen LogP contribution in [0.4, 0.5) is 0 Å². The first-order valence-electron chi connectivity index (χ1n) is 4.56. The molecule has 1 saturated carbocycles. The second kappa shape index (κ2) is 3.55. The number of aliphatic hydroxyl groups is 1. The summed E-state index contributed by atoms with van der Waals surface area (Å²) in [6.07, 6.45) is 4.78. The molecule has 2 nitrogen and oxygen atoms in total. The fourth-order valence-corrected chi connectivity index (χ4v) is 2.03. The summed E-state index contributed by atoms with van der Waals surface area (Å²) in [6.45, 7) is 3.32. The molecule has 2 heteroatoms. The van der Waals surface area contributed by atoms with Crippen LogP contribution in [0.1, 0.15) is 32.6 Å². The van der Waals surface area contributed by atoms with Gasteiger partial charge in [-0.3, -0.25) is 0 Å². The second-order valence-corrected chi connectivity index (χ2v) is 3.83. The van der Waals surface area contributed by atoms with E-state index in [9.17, 15) is 0 Å². The largest absolute Gasteiger partial charge is 0.396 e. The molecule has 0 saturated heterocycles. The Balaban J connectivity index is 2.40. The molecule has 1 atom stereocenters. The van der Waals surface area contributed by atoms with Crippen LogP contribution >= 0.6 is 0 Å². The Hall–Kier alpha value is -0.0800. The van der Waals surface area contributed by atoms with Gasteiger partial charge in [0.25, 0.3) is 0 Å². The van der Waals surface area contributed by atoms with Gasteiger partial charge >= 0.3 is 0 Å². The highest BCUT2D eigenvalue weighted by Gasteiger charge is 2.39. The highest BCUT2D eigenvalue weighted by molar-refractivity contribution is 4.92. The minimum atomic E-state index is 0.308. The predicted molar refractivity (Wildman–Crippen MR) is 46.2 cm³/mol. The van der Waals surface area contributed by atoms with Gasteiger partial charge in [-0.25, -0.2) is 0 Å². The Labute approximate surface area is 68.8 Å². The van der Waals surface area contributed by atoms with Crippen LogP contribution in [-0.2, 0) is 0 Å². The van der Waals surface area contributed by atoms with E-state index in [4.69, 9.17) is 10.8 Å². The number of nitrogens with two attached hydrogens (primary N) is 1. The summed E-state index contributed by atoms with van der Waals surface area (Å²) < 4.78 is 0. The van der Waals surface area contributed by atoms with Crippen LogP contribution in [-0.4, -0.2) is 18.3 Å². The lowest BCUT2D eigenvalue weighted by molar-refractivity contribution is 0.0527. The fraction of sp³-hybridized carbons (Fsp3) is 1.00. The third-order valence-electron chi connectivity index (χ3n) is 3.36. The standard InChI is InChI=1S/C9H19NO/c1-8(3-6-11)9(7-10)4-2-5-9/h8,11H,2-7,10H2,1H3/t8-/m1/s1. The molecular formula is C9H19NO. The summed E-state index contributed by atoms with van der Waals surface area (Å²) in [7, 11) is 0. The molecule has 3 N–H and O–H groups in total. The van der Waals surface area contributed by atoms with Crippen LogP contribution in [0.5, 0.6) is 0 Å². The number of hydrogen-bond donors (Lipinski definition) is 2. The Morgan fingerprint density at radius 1 is 1.55 bits per heavy atom. The van der Waals surface area contributed by atoms with Gasteiger partial charge in [-0.15, -0.1) is 0 Å². The molecule has 0 unspecified atom stereocenters. The summed E-state index contributed by atoms with van der Waals surface area (Å²) in [5.41, 5.74) is 6.11. The first-order valence-corrected chi connectivity index (χ1v) is 4.56. The second-order valence-electron chi connectivity index (χ2n) is 3.83. The van der Waals surface area contributed by atoms with Crippen LogP contribution in [0.25, 0.3) is 0 Å². The van der Waals surface area contributed by atoms with E-state index in [0.717, 1.165) is 13.0 Å². The Kier molecular flexibility index (Phi) is 2.90. The van der Waals surface area contributed by atoms with Gasteiger partial charge in [0.05, 0.1) is 0 Å². The van der Waals surface area contributed by atoms with E-state index in [1.54, 1.807) is 0 Å². The summed E-state index contributed by atoms with van der Waals surface area (Å²) in [6, 6.07) is 0. The van der Waals surface area contributed by atoms with E-state index in [-0.39, 0.29) is 0 Å². The van der Waals surface area contributed by atoms with Gasteiger partial charge in [-0.05, 0) is 37.1 Å². The lowest BCUT2D eigenvalue weighted by atomic mass is 9.61. The van der Waals surface area contributed by atoms with Crippen molar-refractivity contribution in [1.82, 2.24) is 0 Å². The first-order chi connectivity index (χ1) is 5.25. The summed E-state index contributed by atoms with van der Waals surface area (Å²) >= 11 is 0. The molecule has 66 valence electrons. The third kappa shape index (κ3) is 1.57. The zero-order valence-electron chi connectivity index (χ0n) is 7.34. The van der Waals surface area contributed by atoms with Crippen molar-refractivity contribution in [1.29, 1.82) is 0 Å². The molecule has 0 amide bonds. The molecule has 0 aromatic heterocycles. The van der Waals surface area contributed by atoms with Crippen molar-refractivity contribution >= 4 is 0 Å². The summed E-state index contributed by atoms with van der Waals surface area (Å²) in [5, 5.41) is 8.77. The first kappa shape index (κ1) is 9.01. The molecule has 0 aliphatic heterocycles. The van der Waals surface area contributed by atoms with Crippen LogP contribution in [0.2, 0.25) is 0 Å². The quantitative estimate of drug-likeness (QED) is 0.642. The predicted octanol–water partition coefficient (Wildman–Crippen LogP) is 1.13. The number of aliphatic hydroxyl groups excluding tert-OH is 1. The Bertz CT molecular complexity index is 115. The van der Waals surface area contributed by atoms with Crippen molar-refractivity contribution in [2.24, 2.45) is 17.1 Å². The van der Waals surface area contributed by atoms with E-state index in [0.29, 0.717) is 17.9 Å². The van der Waals surface area contributed by atoms with Crippen LogP contribution in [0.3, 0.4) is 0 Å². The van der Waals surface area contributed by atoms with E-state index < -0.39 is 0 Å². The molecular weight excluding hydrogens is 138 g/mol. The maximum absolute atomic E-state index is 8.77. The molecule has 1 fully saturated rings. The summed E-state index contributed by atoms with van der Waals surface area (Å²) in [5.74, 6) is 0.603. The van der Waals surface area contributed by atoms with E-state index in [1.165, 1.54) is 19.3 Å². The van der Waals surface area contributed by atoms with Crippen molar-refractivity contribution in [3.05, 3.63) is 0 Å². The highest BCUT2D eigenvalue weighted by Crippen LogP contribution is 2.47. The zero-order chi connectivity index (χ0) is 8.32. The normalized spacial score (nSPS) is 24.3. The molecule has 1 aliphatic rings. The van der Waals surface area contributed by atoms with Gasteiger partial charge in [0.2, 0.25) is 0 Å². The van der Waals surface area contributed by atoms with Gasteiger partial charge in [0, 0.05) is 6.61 Å². The lowest BCUT2D eigenvalue weighted by Gasteiger charge is -2.46. The Morgan fingerprint density at radius 3 is 2.45 bits per heavy atom. The minimum Gasteiger partial charge on any atom is -0.396 e. The molecule has 0 radical (unpaired) electrons. The van der Waals surface area contributed by atoms with Crippen molar-refractivity contribution in [3.63, 3.8) is 0 Å². The smallest absolute Gasteiger partial charge is 0.0433 e. The van der Waals surface area contributed by atoms with Crippen LogP contribution < -0.4 is 5.73 Å². The van der Waals surface area contributed by atoms with Crippen molar-refractivity contribution < 1.29 is 5.11 Å². The third-order valence-corrected chi connectivity index (χ3v) is 3.36. The van der Waals surface area contributed by atoms with Gasteiger partial charge in [-0.1, -0.05) is 13.3 Å². The average molecular weight is 157 g/mol. The van der Waals surface area contributed by atoms with Gasteiger partial charge in [-0.2, -0.15) is 0 Å². The molecule has 1 rings (SSSR count). The van der Waals surface area contributed by atoms with Crippen LogP contribution in [0, 0.1) is 11.3 Å². The molecule has 11 heavy (non-hydrogen) atoms. The van der Waals surface area contributed by atoms with E-state index in [1.807, 2.05) is 0 Å².